The number of carbonyl (C=O) groups excluding carboxylic acids is 2. The normalized spacial score (nSPS) is 17.3. The predicted molar refractivity (Wildman–Crippen MR) is 78.7 cm³/mol. The van der Waals surface area contributed by atoms with Gasteiger partial charge < -0.3 is 20.3 Å². The molecule has 0 radical (unpaired) electrons. The van der Waals surface area contributed by atoms with Crippen molar-refractivity contribution in [1.82, 2.24) is 9.80 Å². The second kappa shape index (κ2) is 7.08. The summed E-state index contributed by atoms with van der Waals surface area (Å²) in [6, 6.07) is 9.47. The van der Waals surface area contributed by atoms with Gasteiger partial charge in [0, 0.05) is 32.6 Å². The van der Waals surface area contributed by atoms with E-state index in [1.54, 1.807) is 4.90 Å². The molecule has 0 saturated carbocycles. The van der Waals surface area contributed by atoms with Gasteiger partial charge in [0.1, 0.15) is 0 Å². The van der Waals surface area contributed by atoms with E-state index in [0.717, 1.165) is 18.7 Å². The van der Waals surface area contributed by atoms with Crippen LogP contribution < -0.4 is 5.73 Å². The fourth-order valence-corrected chi connectivity index (χ4v) is 2.38. The lowest BCUT2D eigenvalue weighted by atomic mass is 10.1. The summed E-state index contributed by atoms with van der Waals surface area (Å²) in [6.07, 6.45) is -1.43. The third-order valence-electron chi connectivity index (χ3n) is 3.61. The minimum absolute atomic E-state index is 0.175. The third-order valence-corrected chi connectivity index (χ3v) is 3.61. The molecule has 1 saturated heterocycles. The van der Waals surface area contributed by atoms with Gasteiger partial charge in [0.25, 0.3) is 5.91 Å². The van der Waals surface area contributed by atoms with Crippen LogP contribution in [0, 0.1) is 0 Å². The molecule has 2 N–H and O–H groups in total. The summed E-state index contributed by atoms with van der Waals surface area (Å²) in [7, 11) is 2.02. The Bertz CT molecular complexity index is 484. The first-order valence-electron chi connectivity index (χ1n) is 7.03. The molecular formula is C15H21N3O3. The molecule has 1 fully saturated rings. The van der Waals surface area contributed by atoms with Gasteiger partial charge in [-0.15, -0.1) is 0 Å². The van der Waals surface area contributed by atoms with Crippen LogP contribution in [-0.2, 0) is 16.0 Å². The maximum atomic E-state index is 12.5. The van der Waals surface area contributed by atoms with Crippen LogP contribution in [0.2, 0.25) is 0 Å². The lowest BCUT2D eigenvalue weighted by Crippen LogP contribution is -2.51. The van der Waals surface area contributed by atoms with Gasteiger partial charge >= 0.3 is 6.09 Å². The van der Waals surface area contributed by atoms with Crippen LogP contribution in [0.1, 0.15) is 5.56 Å². The molecule has 21 heavy (non-hydrogen) atoms. The number of primary amides is 1. The Morgan fingerprint density at radius 3 is 2.38 bits per heavy atom. The molecule has 1 aromatic rings. The number of nitrogens with zero attached hydrogens (tertiary/aromatic N) is 2. The minimum atomic E-state index is -0.918. The quantitative estimate of drug-likeness (QED) is 0.875. The van der Waals surface area contributed by atoms with Crippen LogP contribution in [0.15, 0.2) is 30.3 Å². The average Bonchev–Trinajstić information content (AvgIpc) is 2.47. The zero-order chi connectivity index (χ0) is 15.2. The van der Waals surface area contributed by atoms with Crippen molar-refractivity contribution in [3.8, 4) is 0 Å². The number of nitrogens with two attached hydrogens (primary N) is 1. The summed E-state index contributed by atoms with van der Waals surface area (Å²) in [5.41, 5.74) is 6.03. The van der Waals surface area contributed by atoms with E-state index in [0.29, 0.717) is 19.5 Å². The molecule has 2 rings (SSSR count). The molecule has 6 heteroatoms. The molecular weight excluding hydrogens is 270 g/mol. The van der Waals surface area contributed by atoms with Crippen LogP contribution in [0.4, 0.5) is 4.79 Å². The van der Waals surface area contributed by atoms with Crippen molar-refractivity contribution in [3.63, 3.8) is 0 Å². The highest BCUT2D eigenvalue weighted by Crippen LogP contribution is 2.11. The van der Waals surface area contributed by atoms with Crippen LogP contribution in [0.3, 0.4) is 0 Å². The Kier molecular flexibility index (Phi) is 5.16. The van der Waals surface area contributed by atoms with Gasteiger partial charge in [-0.05, 0) is 12.6 Å². The Morgan fingerprint density at radius 2 is 1.81 bits per heavy atom. The Hall–Kier alpha value is -2.08. The topological polar surface area (TPSA) is 75.9 Å². The highest BCUT2D eigenvalue weighted by atomic mass is 16.6. The van der Waals surface area contributed by atoms with Gasteiger partial charge in [0.2, 0.25) is 0 Å². The van der Waals surface area contributed by atoms with E-state index in [-0.39, 0.29) is 5.91 Å². The molecule has 0 aliphatic carbocycles. The highest BCUT2D eigenvalue weighted by Gasteiger charge is 2.29. The number of ether oxygens (including phenoxy) is 1. The van der Waals surface area contributed by atoms with Crippen molar-refractivity contribution in [2.45, 2.75) is 12.5 Å². The fourth-order valence-electron chi connectivity index (χ4n) is 2.38. The SMILES string of the molecule is CN1CCN(C(=O)[C@H](Cc2ccccc2)OC(N)=O)CC1. The van der Waals surface area contributed by atoms with Gasteiger partial charge in [-0.2, -0.15) is 0 Å². The third kappa shape index (κ3) is 4.46. The molecule has 1 aliphatic heterocycles. The molecule has 6 nitrogen and oxygen atoms in total. The molecule has 1 atom stereocenters. The zero-order valence-corrected chi connectivity index (χ0v) is 12.2. The standard InChI is InChI=1S/C15H21N3O3/c1-17-7-9-18(10-8-17)14(19)13(21-15(16)20)11-12-5-3-2-4-6-12/h2-6,13H,7-11H2,1H3,(H2,16,20)/t13-/m0/s1. The van der Waals surface area contributed by atoms with Crippen LogP contribution >= 0.6 is 0 Å². The van der Waals surface area contributed by atoms with E-state index < -0.39 is 12.2 Å². The summed E-state index contributed by atoms with van der Waals surface area (Å²) in [5.74, 6) is -0.175. The Balaban J connectivity index is 2.04. The monoisotopic (exact) mass is 291 g/mol. The first-order chi connectivity index (χ1) is 10.1. The second-order valence-electron chi connectivity index (χ2n) is 5.24. The summed E-state index contributed by atoms with van der Waals surface area (Å²) >= 11 is 0. The maximum absolute atomic E-state index is 12.5. The molecule has 0 unspecified atom stereocenters. The van der Waals surface area contributed by atoms with E-state index in [1.165, 1.54) is 0 Å². The minimum Gasteiger partial charge on any atom is -0.436 e. The van der Waals surface area contributed by atoms with E-state index in [9.17, 15) is 9.59 Å². The number of hydrogen-bond acceptors (Lipinski definition) is 4. The first kappa shape index (κ1) is 15.3. The summed E-state index contributed by atoms with van der Waals surface area (Å²) in [5, 5.41) is 0. The van der Waals surface area contributed by atoms with E-state index in [1.807, 2.05) is 37.4 Å². The molecule has 2 amide bonds. The second-order valence-corrected chi connectivity index (χ2v) is 5.24. The lowest BCUT2D eigenvalue weighted by Gasteiger charge is -2.34. The number of likely N-dealkylation sites (N-methyl/N-ethyl adjacent to an activating group) is 1. The van der Waals surface area contributed by atoms with Crippen molar-refractivity contribution in [2.75, 3.05) is 33.2 Å². The number of rotatable bonds is 4. The van der Waals surface area contributed by atoms with Crippen molar-refractivity contribution in [2.24, 2.45) is 5.73 Å². The van der Waals surface area contributed by atoms with Crippen molar-refractivity contribution in [3.05, 3.63) is 35.9 Å². The average molecular weight is 291 g/mol. The summed E-state index contributed by atoms with van der Waals surface area (Å²) < 4.78 is 5.03. The first-order valence-corrected chi connectivity index (χ1v) is 7.03. The number of carbonyl (C=O) groups is 2. The number of piperazine rings is 1. The van der Waals surface area contributed by atoms with Crippen LogP contribution in [-0.4, -0.2) is 61.1 Å². The molecule has 0 bridgehead atoms. The molecule has 114 valence electrons. The molecule has 0 aromatic heterocycles. The zero-order valence-electron chi connectivity index (χ0n) is 12.2. The van der Waals surface area contributed by atoms with E-state index in [4.69, 9.17) is 10.5 Å². The van der Waals surface area contributed by atoms with Crippen LogP contribution in [0.5, 0.6) is 0 Å². The number of hydrogen-bond donors (Lipinski definition) is 1. The fraction of sp³-hybridized carbons (Fsp3) is 0.467. The summed E-state index contributed by atoms with van der Waals surface area (Å²) in [4.78, 5) is 27.5. The lowest BCUT2D eigenvalue weighted by molar-refractivity contribution is -0.141. The van der Waals surface area contributed by atoms with Crippen molar-refractivity contribution >= 4 is 12.0 Å². The van der Waals surface area contributed by atoms with Crippen molar-refractivity contribution < 1.29 is 14.3 Å². The van der Waals surface area contributed by atoms with Gasteiger partial charge in [-0.1, -0.05) is 30.3 Å². The Labute approximate surface area is 124 Å². The van der Waals surface area contributed by atoms with Crippen molar-refractivity contribution in [1.29, 1.82) is 0 Å². The highest BCUT2D eigenvalue weighted by molar-refractivity contribution is 5.83. The van der Waals surface area contributed by atoms with E-state index in [2.05, 4.69) is 4.90 Å². The predicted octanol–water partition coefficient (Wildman–Crippen LogP) is 0.467. The number of amides is 2. The Morgan fingerprint density at radius 1 is 1.19 bits per heavy atom. The molecule has 0 spiro atoms. The van der Waals surface area contributed by atoms with Gasteiger partial charge in [-0.25, -0.2) is 4.79 Å². The maximum Gasteiger partial charge on any atom is 0.405 e. The largest absolute Gasteiger partial charge is 0.436 e. The van der Waals surface area contributed by atoms with Gasteiger partial charge in [0.15, 0.2) is 6.10 Å². The van der Waals surface area contributed by atoms with Crippen LogP contribution in [0.25, 0.3) is 0 Å². The molecule has 1 heterocycles. The smallest absolute Gasteiger partial charge is 0.405 e. The number of benzene rings is 1. The molecule has 1 aliphatic rings. The van der Waals surface area contributed by atoms with Gasteiger partial charge in [-0.3, -0.25) is 4.79 Å². The van der Waals surface area contributed by atoms with Gasteiger partial charge in [0.05, 0.1) is 0 Å². The van der Waals surface area contributed by atoms with E-state index >= 15 is 0 Å². The summed E-state index contributed by atoms with van der Waals surface area (Å²) in [6.45, 7) is 2.92. The molecule has 1 aromatic carbocycles.